The predicted octanol–water partition coefficient (Wildman–Crippen LogP) is 2.90. The Bertz CT molecular complexity index is 669. The van der Waals surface area contributed by atoms with Gasteiger partial charge in [0.05, 0.1) is 13.1 Å². The number of aryl methyl sites for hydroxylation is 1. The normalized spacial score (nSPS) is 14.0. The minimum Gasteiger partial charge on any atom is -0.491 e. The number of nitrogens with one attached hydrogen (secondary N) is 2. The van der Waals surface area contributed by atoms with Crippen LogP contribution in [0.25, 0.3) is 0 Å². The lowest BCUT2D eigenvalue weighted by Gasteiger charge is -2.20. The van der Waals surface area contributed by atoms with Crippen LogP contribution in [0.5, 0.6) is 5.75 Å². The van der Waals surface area contributed by atoms with Gasteiger partial charge in [0.15, 0.2) is 5.96 Å². The molecule has 3 N–H and O–H groups in total. The van der Waals surface area contributed by atoms with Gasteiger partial charge in [-0.15, -0.1) is 11.3 Å². The molecule has 0 amide bonds. The van der Waals surface area contributed by atoms with Gasteiger partial charge >= 0.3 is 0 Å². The summed E-state index contributed by atoms with van der Waals surface area (Å²) in [6, 6.07) is 11.8. The highest BCUT2D eigenvalue weighted by Gasteiger charge is 2.23. The van der Waals surface area contributed by atoms with Gasteiger partial charge in [-0.05, 0) is 43.8 Å². The molecule has 6 heteroatoms. The quantitative estimate of drug-likeness (QED) is 0.384. The first kappa shape index (κ1) is 19.3. The topological polar surface area (TPSA) is 65.9 Å². The zero-order chi connectivity index (χ0) is 18.1. The van der Waals surface area contributed by atoms with Crippen molar-refractivity contribution in [3.05, 3.63) is 52.2 Å². The van der Waals surface area contributed by atoms with E-state index in [4.69, 9.17) is 4.74 Å². The molecule has 2 aromatic rings. The van der Waals surface area contributed by atoms with Crippen molar-refractivity contribution < 1.29 is 9.84 Å². The number of guanidine groups is 1. The molecule has 25 heavy (non-hydrogen) atoms. The molecule has 0 saturated carbocycles. The van der Waals surface area contributed by atoms with E-state index in [0.717, 1.165) is 22.7 Å². The largest absolute Gasteiger partial charge is 0.491 e. The van der Waals surface area contributed by atoms with Gasteiger partial charge in [-0.3, -0.25) is 0 Å². The van der Waals surface area contributed by atoms with Crippen LogP contribution in [-0.4, -0.2) is 37.3 Å². The van der Waals surface area contributed by atoms with Gasteiger partial charge in [0.25, 0.3) is 0 Å². The van der Waals surface area contributed by atoms with E-state index in [9.17, 15) is 5.11 Å². The van der Waals surface area contributed by atoms with E-state index in [0.29, 0.717) is 25.7 Å². The number of hydrogen-bond acceptors (Lipinski definition) is 4. The number of para-hydroxylation sites is 1. The molecule has 136 valence electrons. The van der Waals surface area contributed by atoms with Crippen molar-refractivity contribution >= 4 is 17.3 Å². The predicted molar refractivity (Wildman–Crippen MR) is 105 cm³/mol. The van der Waals surface area contributed by atoms with Crippen LogP contribution in [-0.2, 0) is 5.60 Å². The molecule has 0 fully saturated rings. The summed E-state index contributed by atoms with van der Waals surface area (Å²) in [5.74, 6) is 1.57. The molecule has 5 nitrogen and oxygen atoms in total. The third-order valence-corrected chi connectivity index (χ3v) is 4.81. The van der Waals surface area contributed by atoms with Crippen LogP contribution in [0, 0.1) is 6.92 Å². The van der Waals surface area contributed by atoms with Gasteiger partial charge < -0.3 is 20.5 Å². The first-order valence-electron chi connectivity index (χ1n) is 8.50. The third kappa shape index (κ3) is 6.07. The Morgan fingerprint density at radius 2 is 2.04 bits per heavy atom. The zero-order valence-corrected chi connectivity index (χ0v) is 15.9. The molecule has 0 aliphatic carbocycles. The highest BCUT2D eigenvalue weighted by atomic mass is 32.1. The summed E-state index contributed by atoms with van der Waals surface area (Å²) >= 11 is 1.54. The highest BCUT2D eigenvalue weighted by molar-refractivity contribution is 7.10. The minimum atomic E-state index is -0.964. The van der Waals surface area contributed by atoms with Gasteiger partial charge in [-0.1, -0.05) is 24.3 Å². The summed E-state index contributed by atoms with van der Waals surface area (Å²) in [4.78, 5) is 5.41. The van der Waals surface area contributed by atoms with E-state index in [1.807, 2.05) is 55.6 Å². The second kappa shape index (κ2) is 9.44. The number of hydrogen-bond donors (Lipinski definition) is 3. The number of ether oxygens (including phenoxy) is 1. The molecule has 1 heterocycles. The molecule has 0 aliphatic heterocycles. The minimum absolute atomic E-state index is 0.293. The summed E-state index contributed by atoms with van der Waals surface area (Å²) in [6.07, 6.45) is 0. The van der Waals surface area contributed by atoms with Gasteiger partial charge in [0.1, 0.15) is 18.0 Å². The van der Waals surface area contributed by atoms with Crippen LogP contribution in [0.15, 0.2) is 46.8 Å². The van der Waals surface area contributed by atoms with Crippen molar-refractivity contribution in [2.75, 3.05) is 26.2 Å². The number of aliphatic hydroxyl groups is 1. The van der Waals surface area contributed by atoms with Crippen LogP contribution >= 0.6 is 11.3 Å². The van der Waals surface area contributed by atoms with Crippen molar-refractivity contribution in [1.29, 1.82) is 0 Å². The first-order valence-corrected chi connectivity index (χ1v) is 9.38. The van der Waals surface area contributed by atoms with Crippen LogP contribution in [0.1, 0.15) is 24.3 Å². The summed E-state index contributed by atoms with van der Waals surface area (Å²) in [7, 11) is 0. The van der Waals surface area contributed by atoms with Gasteiger partial charge in [-0.25, -0.2) is 4.99 Å². The average Bonchev–Trinajstić information content (AvgIpc) is 3.13. The molecule has 0 spiro atoms. The number of nitrogens with zero attached hydrogens (tertiary/aromatic N) is 1. The molecule has 2 rings (SSSR count). The van der Waals surface area contributed by atoms with E-state index < -0.39 is 5.60 Å². The number of benzene rings is 1. The fourth-order valence-electron chi connectivity index (χ4n) is 2.29. The number of aliphatic imine (C=N–C) groups is 1. The maximum Gasteiger partial charge on any atom is 0.191 e. The van der Waals surface area contributed by atoms with Gasteiger partial charge in [0.2, 0.25) is 0 Å². The van der Waals surface area contributed by atoms with E-state index in [-0.39, 0.29) is 0 Å². The molecule has 0 radical (unpaired) electrons. The molecule has 0 bridgehead atoms. The molecule has 1 aromatic heterocycles. The Kier molecular flexibility index (Phi) is 7.28. The molecule has 1 unspecified atom stereocenters. The second-order valence-corrected chi connectivity index (χ2v) is 6.93. The fraction of sp³-hybridized carbons (Fsp3) is 0.421. The summed E-state index contributed by atoms with van der Waals surface area (Å²) in [6.45, 7) is 8.04. The lowest BCUT2D eigenvalue weighted by Crippen LogP contribution is -2.40. The Balaban J connectivity index is 1.84. The molecule has 0 saturated heterocycles. The molecule has 1 atom stereocenters. The molecule has 0 aliphatic rings. The third-order valence-electron chi connectivity index (χ3n) is 3.69. The molecular formula is C19H27N3O2S. The highest BCUT2D eigenvalue weighted by Crippen LogP contribution is 2.25. The van der Waals surface area contributed by atoms with Gasteiger partial charge in [-0.2, -0.15) is 0 Å². The van der Waals surface area contributed by atoms with Crippen molar-refractivity contribution in [1.82, 2.24) is 10.6 Å². The van der Waals surface area contributed by atoms with Crippen LogP contribution in [0.4, 0.5) is 0 Å². The first-order chi connectivity index (χ1) is 12.0. The number of rotatable bonds is 8. The summed E-state index contributed by atoms with van der Waals surface area (Å²) in [5.41, 5.74) is 0.156. The van der Waals surface area contributed by atoms with Gasteiger partial charge in [0, 0.05) is 11.4 Å². The van der Waals surface area contributed by atoms with Crippen molar-refractivity contribution in [2.24, 2.45) is 4.99 Å². The Labute approximate surface area is 153 Å². The maximum absolute atomic E-state index is 10.6. The van der Waals surface area contributed by atoms with Crippen molar-refractivity contribution in [3.8, 4) is 5.75 Å². The monoisotopic (exact) mass is 361 g/mol. The Morgan fingerprint density at radius 3 is 2.72 bits per heavy atom. The van der Waals surface area contributed by atoms with Crippen LogP contribution in [0.3, 0.4) is 0 Å². The molecular weight excluding hydrogens is 334 g/mol. The number of thiophene rings is 1. The fourth-order valence-corrected chi connectivity index (χ4v) is 3.07. The summed E-state index contributed by atoms with van der Waals surface area (Å²) < 4.78 is 5.78. The van der Waals surface area contributed by atoms with E-state index in [2.05, 4.69) is 15.6 Å². The van der Waals surface area contributed by atoms with E-state index in [1.165, 1.54) is 11.3 Å². The zero-order valence-electron chi connectivity index (χ0n) is 15.1. The van der Waals surface area contributed by atoms with Crippen molar-refractivity contribution in [3.63, 3.8) is 0 Å². The lowest BCUT2D eigenvalue weighted by molar-refractivity contribution is 0.0711. The standard InChI is InChI=1S/C19H27N3O2S/c1-4-20-18(22-14-19(3,23)17-10-7-13-25-17)21-11-12-24-16-9-6-5-8-15(16)2/h5-10,13,23H,4,11-12,14H2,1-3H3,(H2,20,21,22). The van der Waals surface area contributed by atoms with E-state index in [1.54, 1.807) is 6.92 Å². The molecule has 1 aromatic carbocycles. The second-order valence-electron chi connectivity index (χ2n) is 5.99. The Morgan fingerprint density at radius 1 is 1.24 bits per heavy atom. The van der Waals surface area contributed by atoms with Crippen LogP contribution in [0.2, 0.25) is 0 Å². The van der Waals surface area contributed by atoms with E-state index >= 15 is 0 Å². The smallest absolute Gasteiger partial charge is 0.191 e. The SMILES string of the molecule is CCNC(=NCC(C)(O)c1cccs1)NCCOc1ccccc1C. The maximum atomic E-state index is 10.6. The Hall–Kier alpha value is -2.05. The van der Waals surface area contributed by atoms with Crippen LogP contribution < -0.4 is 15.4 Å². The van der Waals surface area contributed by atoms with Crippen molar-refractivity contribution in [2.45, 2.75) is 26.4 Å². The summed E-state index contributed by atoms with van der Waals surface area (Å²) in [5, 5.41) is 18.9. The average molecular weight is 362 g/mol. The lowest BCUT2D eigenvalue weighted by atomic mass is 10.1.